The number of hydrogen-bond acceptors (Lipinski definition) is 3. The van der Waals surface area contributed by atoms with Crippen LogP contribution in [-0.4, -0.2) is 21.3 Å². The molecule has 0 fully saturated rings. The van der Waals surface area contributed by atoms with Crippen LogP contribution in [0.4, 0.5) is 0 Å². The van der Waals surface area contributed by atoms with Gasteiger partial charge in [-0.2, -0.15) is 0 Å². The predicted molar refractivity (Wildman–Crippen MR) is 42.2 cm³/mol. The quantitative estimate of drug-likeness (QED) is 0.409. The van der Waals surface area contributed by atoms with Crippen molar-refractivity contribution in [3.63, 3.8) is 0 Å². The summed E-state index contributed by atoms with van der Waals surface area (Å²) in [6.07, 6.45) is 3.32. The first-order valence-corrected chi connectivity index (χ1v) is 3.42. The molecule has 0 spiro atoms. The number of imidazole rings is 1. The molecule has 1 rings (SSSR count). The van der Waals surface area contributed by atoms with Gasteiger partial charge in [-0.15, -0.1) is 0 Å². The smallest absolute Gasteiger partial charge is 0.119 e. The average Bonchev–Trinajstić information content (AvgIpc) is 2.47. The highest BCUT2D eigenvalue weighted by molar-refractivity contribution is 4.98. The van der Waals surface area contributed by atoms with E-state index in [-0.39, 0.29) is 6.61 Å². The summed E-state index contributed by atoms with van der Waals surface area (Å²) >= 11 is 0. The number of aromatic nitrogens is 2. The third kappa shape index (κ3) is 1.55. The van der Waals surface area contributed by atoms with Gasteiger partial charge in [0.2, 0.25) is 0 Å². The number of aliphatic hydroxyl groups is 1. The molecule has 1 heterocycles. The summed E-state index contributed by atoms with van der Waals surface area (Å²) in [4.78, 5) is 6.56. The normalized spacial score (nSPS) is 12.2. The molecule has 0 amide bonds. The fourth-order valence-corrected chi connectivity index (χ4v) is 0.930. The molecular weight excluding hydrogens is 158 g/mol. The Hall–Kier alpha value is -1.52. The minimum Gasteiger partial charge on any atom is -0.395 e. The van der Waals surface area contributed by atoms with Crippen molar-refractivity contribution < 1.29 is 5.11 Å². The van der Waals surface area contributed by atoms with Gasteiger partial charge in [-0.05, 0) is 5.53 Å². The van der Waals surface area contributed by atoms with Gasteiger partial charge in [0.1, 0.15) is 11.9 Å². The summed E-state index contributed by atoms with van der Waals surface area (Å²) in [5.41, 5.74) is 8.17. The Bertz CT molecular complexity index is 301. The van der Waals surface area contributed by atoms with Crippen LogP contribution in [0.15, 0.2) is 17.5 Å². The Balaban J connectivity index is 2.93. The zero-order chi connectivity index (χ0) is 8.97. The van der Waals surface area contributed by atoms with E-state index in [1.165, 1.54) is 0 Å². The zero-order valence-electron chi connectivity index (χ0n) is 6.62. The van der Waals surface area contributed by atoms with Crippen LogP contribution in [0.3, 0.4) is 0 Å². The second kappa shape index (κ2) is 3.75. The lowest BCUT2D eigenvalue weighted by Crippen LogP contribution is -2.06. The summed E-state index contributed by atoms with van der Waals surface area (Å²) in [5.74, 6) is 0.565. The van der Waals surface area contributed by atoms with Crippen molar-refractivity contribution in [1.82, 2.24) is 9.55 Å². The van der Waals surface area contributed by atoms with Crippen molar-refractivity contribution in [2.45, 2.75) is 6.04 Å². The molecule has 0 aliphatic heterocycles. The zero-order valence-corrected chi connectivity index (χ0v) is 6.62. The molecule has 6 nitrogen and oxygen atoms in total. The monoisotopic (exact) mass is 167 g/mol. The molecule has 1 atom stereocenters. The third-order valence-electron chi connectivity index (χ3n) is 1.52. The SMILES string of the molecule is Cn1ccnc1C(CO)N=[N+]=[N-]. The summed E-state index contributed by atoms with van der Waals surface area (Å²) in [6.45, 7) is -0.227. The number of hydrogen-bond donors (Lipinski definition) is 1. The van der Waals surface area contributed by atoms with Crippen LogP contribution in [0.25, 0.3) is 10.4 Å². The standard InChI is InChI=1S/C6H9N5O/c1-11-3-2-8-6(11)5(4-12)9-10-7/h2-3,5,12H,4H2,1H3. The van der Waals surface area contributed by atoms with Crippen molar-refractivity contribution in [2.75, 3.05) is 6.61 Å². The number of nitrogens with zero attached hydrogens (tertiary/aromatic N) is 5. The van der Waals surface area contributed by atoms with Crippen LogP contribution in [0, 0.1) is 0 Å². The lowest BCUT2D eigenvalue weighted by Gasteiger charge is -2.06. The van der Waals surface area contributed by atoms with Gasteiger partial charge >= 0.3 is 0 Å². The van der Waals surface area contributed by atoms with Crippen LogP contribution in [0.1, 0.15) is 11.9 Å². The summed E-state index contributed by atoms with van der Waals surface area (Å²) in [5, 5.41) is 12.2. The van der Waals surface area contributed by atoms with Crippen molar-refractivity contribution in [1.29, 1.82) is 0 Å². The minimum atomic E-state index is -0.588. The molecule has 1 unspecified atom stereocenters. The summed E-state index contributed by atoms with van der Waals surface area (Å²) < 4.78 is 1.70. The maximum Gasteiger partial charge on any atom is 0.119 e. The van der Waals surface area contributed by atoms with Gasteiger partial charge in [-0.1, -0.05) is 5.11 Å². The largest absolute Gasteiger partial charge is 0.395 e. The molecule has 0 saturated carbocycles. The lowest BCUT2D eigenvalue weighted by atomic mass is 10.3. The minimum absolute atomic E-state index is 0.227. The molecule has 64 valence electrons. The molecule has 0 aromatic carbocycles. The first-order valence-electron chi connectivity index (χ1n) is 3.42. The molecule has 0 bridgehead atoms. The average molecular weight is 167 g/mol. The Kier molecular flexibility index (Phi) is 2.68. The van der Waals surface area contributed by atoms with Crippen molar-refractivity contribution >= 4 is 0 Å². The van der Waals surface area contributed by atoms with E-state index in [0.29, 0.717) is 5.82 Å². The molecule has 12 heavy (non-hydrogen) atoms. The molecule has 1 N–H and O–H groups in total. The van der Waals surface area contributed by atoms with Gasteiger partial charge in [0.15, 0.2) is 0 Å². The van der Waals surface area contributed by atoms with E-state index in [9.17, 15) is 0 Å². The van der Waals surface area contributed by atoms with E-state index in [1.54, 1.807) is 24.0 Å². The van der Waals surface area contributed by atoms with Crippen LogP contribution in [0.2, 0.25) is 0 Å². The van der Waals surface area contributed by atoms with Crippen molar-refractivity contribution in [3.05, 3.63) is 28.7 Å². The maximum absolute atomic E-state index is 8.84. The van der Waals surface area contributed by atoms with Gasteiger partial charge in [-0.25, -0.2) is 4.98 Å². The first kappa shape index (κ1) is 8.58. The van der Waals surface area contributed by atoms with Crippen molar-refractivity contribution in [3.8, 4) is 0 Å². The maximum atomic E-state index is 8.84. The van der Waals surface area contributed by atoms with E-state index < -0.39 is 6.04 Å². The molecule has 0 saturated heterocycles. The fraction of sp³-hybridized carbons (Fsp3) is 0.500. The van der Waals surface area contributed by atoms with E-state index >= 15 is 0 Å². The van der Waals surface area contributed by atoms with E-state index in [1.807, 2.05) is 0 Å². The van der Waals surface area contributed by atoms with E-state index in [0.717, 1.165) is 0 Å². The van der Waals surface area contributed by atoms with Crippen LogP contribution < -0.4 is 0 Å². The predicted octanol–water partition coefficient (Wildman–Crippen LogP) is 0.764. The van der Waals surface area contributed by atoms with Crippen molar-refractivity contribution in [2.24, 2.45) is 12.2 Å². The van der Waals surface area contributed by atoms with E-state index in [2.05, 4.69) is 15.0 Å². The highest BCUT2D eigenvalue weighted by atomic mass is 16.3. The molecule has 1 aromatic heterocycles. The number of rotatable bonds is 3. The molecule has 1 aromatic rings. The number of aliphatic hydroxyl groups excluding tert-OH is 1. The first-order chi connectivity index (χ1) is 5.79. The molecule has 6 heteroatoms. The second-order valence-electron chi connectivity index (χ2n) is 2.30. The molecule has 0 aliphatic rings. The van der Waals surface area contributed by atoms with Gasteiger partial charge in [-0.3, -0.25) is 0 Å². The van der Waals surface area contributed by atoms with Gasteiger partial charge in [0.05, 0.1) is 6.61 Å². The third-order valence-corrected chi connectivity index (χ3v) is 1.52. The number of aryl methyl sites for hydroxylation is 1. The Morgan fingerprint density at radius 2 is 2.67 bits per heavy atom. The van der Waals surface area contributed by atoms with Gasteiger partial charge < -0.3 is 9.67 Å². The summed E-state index contributed by atoms with van der Waals surface area (Å²) in [6, 6.07) is -0.588. The van der Waals surface area contributed by atoms with Crippen LogP contribution >= 0.6 is 0 Å². The highest BCUT2D eigenvalue weighted by Crippen LogP contribution is 2.13. The van der Waals surface area contributed by atoms with Gasteiger partial charge in [0.25, 0.3) is 0 Å². The Morgan fingerprint density at radius 1 is 1.92 bits per heavy atom. The Morgan fingerprint density at radius 3 is 3.08 bits per heavy atom. The van der Waals surface area contributed by atoms with Crippen LogP contribution in [-0.2, 0) is 7.05 Å². The van der Waals surface area contributed by atoms with Crippen LogP contribution in [0.5, 0.6) is 0 Å². The van der Waals surface area contributed by atoms with E-state index in [4.69, 9.17) is 10.6 Å². The Labute approximate surface area is 69.1 Å². The molecular formula is C6H9N5O. The second-order valence-corrected chi connectivity index (χ2v) is 2.30. The lowest BCUT2D eigenvalue weighted by molar-refractivity contribution is 0.261. The highest BCUT2D eigenvalue weighted by Gasteiger charge is 2.11. The summed E-state index contributed by atoms with van der Waals surface area (Å²) in [7, 11) is 1.78. The fourth-order valence-electron chi connectivity index (χ4n) is 0.930. The topological polar surface area (TPSA) is 86.8 Å². The number of azide groups is 1. The molecule has 0 radical (unpaired) electrons. The molecule has 0 aliphatic carbocycles. The van der Waals surface area contributed by atoms with Gasteiger partial charge in [0, 0.05) is 24.4 Å².